The fraction of sp³-hybridized carbons (Fsp3) is 0.750. The number of hydrogen-bond donors (Lipinski definition) is 2. The Morgan fingerprint density at radius 2 is 2.30 bits per heavy atom. The van der Waals surface area contributed by atoms with E-state index in [0.29, 0.717) is 6.04 Å². The van der Waals surface area contributed by atoms with E-state index in [4.69, 9.17) is 11.5 Å². The van der Waals surface area contributed by atoms with Crippen LogP contribution in [0.4, 0.5) is 0 Å². The van der Waals surface area contributed by atoms with Gasteiger partial charge in [0.25, 0.3) is 0 Å². The lowest BCUT2D eigenvalue weighted by Gasteiger charge is -2.33. The van der Waals surface area contributed by atoms with Crippen LogP contribution in [0.15, 0.2) is 0 Å². The van der Waals surface area contributed by atoms with E-state index < -0.39 is 0 Å². The van der Waals surface area contributed by atoms with Gasteiger partial charge in [0, 0.05) is 6.04 Å². The first-order chi connectivity index (χ1) is 4.72. The van der Waals surface area contributed by atoms with Crippen molar-refractivity contribution in [3.05, 3.63) is 0 Å². The van der Waals surface area contributed by atoms with E-state index in [2.05, 4.69) is 11.2 Å². The van der Waals surface area contributed by atoms with E-state index in [9.17, 15) is 0 Å². The summed E-state index contributed by atoms with van der Waals surface area (Å²) in [6.07, 6.45) is 6.77. The van der Waals surface area contributed by atoms with Crippen molar-refractivity contribution in [2.75, 3.05) is 0 Å². The number of aliphatic hydroxyl groups excluding tert-OH is 1. The van der Waals surface area contributed by atoms with Gasteiger partial charge in [0.15, 0.2) is 0 Å². The Kier molecular flexibility index (Phi) is 2.31. The summed E-state index contributed by atoms with van der Waals surface area (Å²) in [6.45, 7) is 1.95. The van der Waals surface area contributed by atoms with Crippen LogP contribution in [0, 0.1) is 12.3 Å². The van der Waals surface area contributed by atoms with Crippen LogP contribution < -0.4 is 5.32 Å². The highest BCUT2D eigenvalue weighted by Crippen LogP contribution is 2.19. The molecule has 0 radical (unpaired) electrons. The van der Waals surface area contributed by atoms with Gasteiger partial charge < -0.3 is 10.4 Å². The zero-order valence-corrected chi connectivity index (χ0v) is 6.17. The molecule has 0 amide bonds. The average Bonchev–Trinajstić information content (AvgIpc) is 1.84. The quantitative estimate of drug-likeness (QED) is 0.533. The third kappa shape index (κ3) is 1.73. The summed E-state index contributed by atoms with van der Waals surface area (Å²) in [5.41, 5.74) is 0. The lowest BCUT2D eigenvalue weighted by Crippen LogP contribution is -2.47. The molecule has 1 fully saturated rings. The second kappa shape index (κ2) is 3.05. The van der Waals surface area contributed by atoms with Gasteiger partial charge in [-0.1, -0.05) is 5.92 Å². The normalized spacial score (nSPS) is 34.1. The van der Waals surface area contributed by atoms with Gasteiger partial charge >= 0.3 is 0 Å². The maximum absolute atomic E-state index is 8.91. The highest BCUT2D eigenvalue weighted by molar-refractivity contribution is 4.99. The molecule has 0 aromatic rings. The molecule has 0 spiro atoms. The molecular weight excluding hydrogens is 126 g/mol. The molecule has 2 nitrogen and oxygen atoms in total. The molecule has 1 saturated carbocycles. The smallest absolute Gasteiger partial charge is 0.0660 e. The Hall–Kier alpha value is -0.520. The van der Waals surface area contributed by atoms with Crippen LogP contribution in [0.1, 0.15) is 19.8 Å². The maximum Gasteiger partial charge on any atom is 0.0660 e. The molecule has 0 aromatic heterocycles. The SMILES string of the molecule is C#CC(C)NC1CC(O)C1. The number of nitrogens with one attached hydrogen (secondary N) is 1. The van der Waals surface area contributed by atoms with Gasteiger partial charge in [-0.3, -0.25) is 0 Å². The number of rotatable bonds is 2. The standard InChI is InChI=1S/C8H13NO/c1-3-6(2)9-7-4-8(10)5-7/h1,6-10H,4-5H2,2H3. The minimum atomic E-state index is -0.0949. The van der Waals surface area contributed by atoms with E-state index in [1.54, 1.807) is 0 Å². The Bertz CT molecular complexity index is 144. The van der Waals surface area contributed by atoms with Gasteiger partial charge in [-0.2, -0.15) is 0 Å². The fourth-order valence-electron chi connectivity index (χ4n) is 1.13. The minimum absolute atomic E-state index is 0.0949. The molecule has 0 heterocycles. The number of hydrogen-bond acceptors (Lipinski definition) is 2. The van der Waals surface area contributed by atoms with Gasteiger partial charge in [-0.05, 0) is 19.8 Å². The molecule has 0 bridgehead atoms. The van der Waals surface area contributed by atoms with E-state index in [1.165, 1.54) is 0 Å². The molecule has 1 aliphatic carbocycles. The summed E-state index contributed by atoms with van der Waals surface area (Å²) in [4.78, 5) is 0. The van der Waals surface area contributed by atoms with Crippen molar-refractivity contribution in [3.63, 3.8) is 0 Å². The summed E-state index contributed by atoms with van der Waals surface area (Å²) in [7, 11) is 0. The lowest BCUT2D eigenvalue weighted by atomic mass is 9.89. The number of terminal acetylenes is 1. The van der Waals surface area contributed by atoms with Crippen molar-refractivity contribution < 1.29 is 5.11 Å². The van der Waals surface area contributed by atoms with Crippen LogP contribution in [-0.4, -0.2) is 23.3 Å². The van der Waals surface area contributed by atoms with Gasteiger partial charge in [0.05, 0.1) is 12.1 Å². The zero-order valence-electron chi connectivity index (χ0n) is 6.17. The van der Waals surface area contributed by atoms with Crippen LogP contribution >= 0.6 is 0 Å². The molecule has 1 rings (SSSR count). The molecule has 1 atom stereocenters. The van der Waals surface area contributed by atoms with E-state index >= 15 is 0 Å². The van der Waals surface area contributed by atoms with Crippen LogP contribution in [0.25, 0.3) is 0 Å². The van der Waals surface area contributed by atoms with E-state index in [1.807, 2.05) is 6.92 Å². The molecule has 1 unspecified atom stereocenters. The van der Waals surface area contributed by atoms with Crippen molar-refractivity contribution in [1.29, 1.82) is 0 Å². The van der Waals surface area contributed by atoms with Crippen molar-refractivity contribution in [2.24, 2.45) is 0 Å². The van der Waals surface area contributed by atoms with Crippen molar-refractivity contribution in [3.8, 4) is 12.3 Å². The first-order valence-corrected chi connectivity index (χ1v) is 3.62. The second-order valence-electron chi connectivity index (χ2n) is 2.88. The van der Waals surface area contributed by atoms with Crippen LogP contribution in [0.5, 0.6) is 0 Å². The molecule has 1 aliphatic rings. The highest BCUT2D eigenvalue weighted by atomic mass is 16.3. The monoisotopic (exact) mass is 139 g/mol. The summed E-state index contributed by atoms with van der Waals surface area (Å²) in [6, 6.07) is 0.582. The summed E-state index contributed by atoms with van der Waals surface area (Å²) in [5, 5.41) is 12.1. The van der Waals surface area contributed by atoms with Crippen LogP contribution in [-0.2, 0) is 0 Å². The third-order valence-corrected chi connectivity index (χ3v) is 1.85. The number of aliphatic hydroxyl groups is 1. The predicted octanol–water partition coefficient (Wildman–Crippen LogP) is 0.121. The molecule has 0 aliphatic heterocycles. The molecule has 10 heavy (non-hydrogen) atoms. The first-order valence-electron chi connectivity index (χ1n) is 3.62. The van der Waals surface area contributed by atoms with Gasteiger partial charge in [-0.15, -0.1) is 6.42 Å². The Morgan fingerprint density at radius 3 is 2.70 bits per heavy atom. The second-order valence-corrected chi connectivity index (χ2v) is 2.88. The van der Waals surface area contributed by atoms with Gasteiger partial charge in [0.1, 0.15) is 0 Å². The van der Waals surface area contributed by atoms with Crippen molar-refractivity contribution in [1.82, 2.24) is 5.32 Å². The largest absolute Gasteiger partial charge is 0.393 e. The average molecular weight is 139 g/mol. The Balaban J connectivity index is 2.11. The first kappa shape index (κ1) is 7.59. The Labute approximate surface area is 61.6 Å². The van der Waals surface area contributed by atoms with Crippen LogP contribution in [0.2, 0.25) is 0 Å². The lowest BCUT2D eigenvalue weighted by molar-refractivity contribution is 0.0610. The van der Waals surface area contributed by atoms with Crippen molar-refractivity contribution >= 4 is 0 Å². The van der Waals surface area contributed by atoms with E-state index in [-0.39, 0.29) is 12.1 Å². The van der Waals surface area contributed by atoms with Gasteiger partial charge in [0.2, 0.25) is 0 Å². The topological polar surface area (TPSA) is 32.3 Å². The zero-order chi connectivity index (χ0) is 7.56. The summed E-state index contributed by atoms with van der Waals surface area (Å²) in [5.74, 6) is 2.59. The molecule has 2 heteroatoms. The minimum Gasteiger partial charge on any atom is -0.393 e. The van der Waals surface area contributed by atoms with Crippen LogP contribution in [0.3, 0.4) is 0 Å². The Morgan fingerprint density at radius 1 is 1.70 bits per heavy atom. The van der Waals surface area contributed by atoms with Crippen molar-refractivity contribution in [2.45, 2.75) is 38.0 Å². The maximum atomic E-state index is 8.91. The highest BCUT2D eigenvalue weighted by Gasteiger charge is 2.27. The molecule has 56 valence electrons. The summed E-state index contributed by atoms with van der Waals surface area (Å²) >= 11 is 0. The summed E-state index contributed by atoms with van der Waals surface area (Å²) < 4.78 is 0. The molecular formula is C8H13NO. The fourth-order valence-corrected chi connectivity index (χ4v) is 1.13. The molecule has 2 N–H and O–H groups in total. The molecule has 0 aromatic carbocycles. The third-order valence-electron chi connectivity index (χ3n) is 1.85. The van der Waals surface area contributed by atoms with E-state index in [0.717, 1.165) is 12.8 Å². The predicted molar refractivity (Wildman–Crippen MR) is 40.5 cm³/mol. The molecule has 0 saturated heterocycles. The van der Waals surface area contributed by atoms with Gasteiger partial charge in [-0.25, -0.2) is 0 Å².